The molecular weight excluding hydrogens is 345 g/mol. The second-order valence-electron chi connectivity index (χ2n) is 5.97. The number of alkyl halides is 3. The number of rotatable bonds is 4. The molecule has 134 valence electrons. The minimum Gasteiger partial charge on any atom is -0.345 e. The van der Waals surface area contributed by atoms with Crippen LogP contribution in [0.25, 0.3) is 33.2 Å². The third kappa shape index (κ3) is 3.00. The van der Waals surface area contributed by atoms with Crippen molar-refractivity contribution in [1.82, 2.24) is 29.9 Å². The van der Waals surface area contributed by atoms with Crippen LogP contribution in [0.2, 0.25) is 0 Å². The largest absolute Gasteiger partial charge is 0.389 e. The molecule has 0 aliphatic heterocycles. The van der Waals surface area contributed by atoms with Crippen LogP contribution in [0.5, 0.6) is 0 Å². The molecule has 0 bridgehead atoms. The van der Waals surface area contributed by atoms with Gasteiger partial charge in [0.25, 0.3) is 0 Å². The number of nitrogens with zero attached hydrogens (tertiary/aromatic N) is 5. The highest BCUT2D eigenvalue weighted by molar-refractivity contribution is 5.95. The zero-order valence-corrected chi connectivity index (χ0v) is 13.9. The van der Waals surface area contributed by atoms with Crippen LogP contribution in [0, 0.1) is 0 Å². The van der Waals surface area contributed by atoms with Crippen LogP contribution in [0.15, 0.2) is 30.6 Å². The van der Waals surface area contributed by atoms with Gasteiger partial charge in [-0.15, -0.1) is 5.10 Å². The van der Waals surface area contributed by atoms with Gasteiger partial charge in [0.05, 0.1) is 11.9 Å². The SMILES string of the molecule is CCn1nnc2ccc(-c3c[nH]c4nc(CCC(F)(F)F)ncc34)cc21. The van der Waals surface area contributed by atoms with Crippen LogP contribution in [-0.2, 0) is 13.0 Å². The van der Waals surface area contributed by atoms with Crippen molar-refractivity contribution in [2.45, 2.75) is 32.5 Å². The fourth-order valence-corrected chi connectivity index (χ4v) is 2.92. The Labute approximate surface area is 146 Å². The summed E-state index contributed by atoms with van der Waals surface area (Å²) >= 11 is 0. The molecule has 26 heavy (non-hydrogen) atoms. The first-order valence-electron chi connectivity index (χ1n) is 8.18. The number of H-pyrrole nitrogens is 1. The monoisotopic (exact) mass is 360 g/mol. The van der Waals surface area contributed by atoms with Crippen molar-refractivity contribution in [1.29, 1.82) is 0 Å². The molecule has 0 saturated carbocycles. The Morgan fingerprint density at radius 1 is 1.23 bits per heavy atom. The maximum Gasteiger partial charge on any atom is 0.389 e. The third-order valence-corrected chi connectivity index (χ3v) is 4.24. The fraction of sp³-hybridized carbons (Fsp3) is 0.294. The molecule has 0 saturated heterocycles. The molecule has 0 aliphatic carbocycles. The van der Waals surface area contributed by atoms with E-state index in [-0.39, 0.29) is 12.2 Å². The Bertz CT molecular complexity index is 1080. The number of fused-ring (bicyclic) bond motifs is 2. The van der Waals surface area contributed by atoms with Crippen molar-refractivity contribution in [3.05, 3.63) is 36.4 Å². The van der Waals surface area contributed by atoms with Crippen molar-refractivity contribution in [2.24, 2.45) is 0 Å². The lowest BCUT2D eigenvalue weighted by atomic mass is 10.1. The molecule has 1 aromatic carbocycles. The smallest absolute Gasteiger partial charge is 0.345 e. The van der Waals surface area contributed by atoms with Gasteiger partial charge in [0, 0.05) is 36.3 Å². The summed E-state index contributed by atoms with van der Waals surface area (Å²) in [6.45, 7) is 2.70. The molecule has 0 aliphatic rings. The van der Waals surface area contributed by atoms with Gasteiger partial charge in [-0.2, -0.15) is 13.2 Å². The topological polar surface area (TPSA) is 72.3 Å². The van der Waals surface area contributed by atoms with Crippen molar-refractivity contribution < 1.29 is 13.2 Å². The summed E-state index contributed by atoms with van der Waals surface area (Å²) in [5.74, 6) is 0.173. The van der Waals surface area contributed by atoms with Crippen molar-refractivity contribution >= 4 is 22.1 Å². The summed E-state index contributed by atoms with van der Waals surface area (Å²) in [6, 6.07) is 5.80. The van der Waals surface area contributed by atoms with Gasteiger partial charge in [-0.05, 0) is 24.6 Å². The van der Waals surface area contributed by atoms with E-state index in [9.17, 15) is 13.2 Å². The molecule has 0 spiro atoms. The van der Waals surface area contributed by atoms with E-state index in [2.05, 4.69) is 25.3 Å². The normalized spacial score (nSPS) is 12.3. The number of nitrogens with one attached hydrogen (secondary N) is 1. The van der Waals surface area contributed by atoms with Gasteiger partial charge >= 0.3 is 6.18 Å². The first-order chi connectivity index (χ1) is 12.4. The lowest BCUT2D eigenvalue weighted by Crippen LogP contribution is -2.10. The quantitative estimate of drug-likeness (QED) is 0.599. The maximum absolute atomic E-state index is 12.4. The van der Waals surface area contributed by atoms with E-state index in [1.54, 1.807) is 17.1 Å². The highest BCUT2D eigenvalue weighted by Crippen LogP contribution is 2.30. The predicted molar refractivity (Wildman–Crippen MR) is 90.5 cm³/mol. The van der Waals surface area contributed by atoms with Gasteiger partial charge in [-0.3, -0.25) is 0 Å². The number of aromatic nitrogens is 6. The minimum absolute atomic E-state index is 0.173. The Hall–Kier alpha value is -2.97. The zero-order chi connectivity index (χ0) is 18.3. The van der Waals surface area contributed by atoms with Crippen LogP contribution in [-0.4, -0.2) is 36.1 Å². The van der Waals surface area contributed by atoms with Crippen LogP contribution in [0.4, 0.5) is 13.2 Å². The molecule has 9 heteroatoms. The molecule has 0 radical (unpaired) electrons. The fourth-order valence-electron chi connectivity index (χ4n) is 2.92. The van der Waals surface area contributed by atoms with E-state index < -0.39 is 12.6 Å². The van der Waals surface area contributed by atoms with Gasteiger partial charge < -0.3 is 4.98 Å². The predicted octanol–water partition coefficient (Wildman–Crippen LogP) is 3.88. The number of halogens is 3. The highest BCUT2D eigenvalue weighted by atomic mass is 19.4. The number of benzene rings is 1. The average molecular weight is 360 g/mol. The van der Waals surface area contributed by atoms with Gasteiger partial charge in [0.1, 0.15) is 17.0 Å². The lowest BCUT2D eigenvalue weighted by Gasteiger charge is -2.05. The summed E-state index contributed by atoms with van der Waals surface area (Å²) in [4.78, 5) is 11.3. The first-order valence-corrected chi connectivity index (χ1v) is 8.18. The van der Waals surface area contributed by atoms with Gasteiger partial charge in [-0.25, -0.2) is 14.6 Å². The molecular formula is C17H15F3N6. The number of aryl methyl sites for hydroxylation is 2. The van der Waals surface area contributed by atoms with Crippen LogP contribution in [0.3, 0.4) is 0 Å². The van der Waals surface area contributed by atoms with Crippen molar-refractivity contribution in [2.75, 3.05) is 0 Å². The lowest BCUT2D eigenvalue weighted by molar-refractivity contribution is -0.134. The molecule has 4 rings (SSSR count). The van der Waals surface area contributed by atoms with E-state index in [1.165, 1.54) is 0 Å². The van der Waals surface area contributed by atoms with E-state index in [0.29, 0.717) is 12.2 Å². The summed E-state index contributed by atoms with van der Waals surface area (Å²) in [7, 11) is 0. The molecule has 0 unspecified atom stereocenters. The Morgan fingerprint density at radius 2 is 2.08 bits per heavy atom. The number of aromatic amines is 1. The second-order valence-corrected chi connectivity index (χ2v) is 5.97. The Kier molecular flexibility index (Phi) is 3.86. The summed E-state index contributed by atoms with van der Waals surface area (Å²) in [5, 5.41) is 8.97. The number of hydrogen-bond acceptors (Lipinski definition) is 4. The van der Waals surface area contributed by atoms with Crippen molar-refractivity contribution in [3.8, 4) is 11.1 Å². The third-order valence-electron chi connectivity index (χ3n) is 4.24. The summed E-state index contributed by atoms with van der Waals surface area (Å²) < 4.78 is 38.9. The second kappa shape index (κ2) is 6.08. The zero-order valence-electron chi connectivity index (χ0n) is 13.9. The van der Waals surface area contributed by atoms with E-state index in [4.69, 9.17) is 0 Å². The van der Waals surface area contributed by atoms with E-state index in [1.807, 2.05) is 25.1 Å². The molecule has 0 amide bonds. The van der Waals surface area contributed by atoms with Crippen LogP contribution in [0.1, 0.15) is 19.2 Å². The molecule has 6 nitrogen and oxygen atoms in total. The molecule has 4 aromatic rings. The summed E-state index contributed by atoms with van der Waals surface area (Å²) in [6.07, 6.45) is -2.03. The van der Waals surface area contributed by atoms with Gasteiger partial charge in [-0.1, -0.05) is 11.3 Å². The number of hydrogen-bond donors (Lipinski definition) is 1. The highest BCUT2D eigenvalue weighted by Gasteiger charge is 2.27. The molecule has 0 fully saturated rings. The van der Waals surface area contributed by atoms with E-state index in [0.717, 1.165) is 27.5 Å². The Morgan fingerprint density at radius 3 is 2.85 bits per heavy atom. The molecule has 1 N–H and O–H groups in total. The standard InChI is InChI=1S/C17H15F3N6/c1-2-26-14-7-10(3-4-13(14)24-25-26)11-8-22-16-12(11)9-21-15(23-16)5-6-17(18,19)20/h3-4,7-9H,2,5-6H2,1H3,(H,21,22,23). The van der Waals surface area contributed by atoms with Gasteiger partial charge in [0.15, 0.2) is 0 Å². The summed E-state index contributed by atoms with van der Waals surface area (Å²) in [5.41, 5.74) is 4.07. The molecule has 3 aromatic heterocycles. The minimum atomic E-state index is -4.22. The van der Waals surface area contributed by atoms with Gasteiger partial charge in [0.2, 0.25) is 0 Å². The van der Waals surface area contributed by atoms with E-state index >= 15 is 0 Å². The molecule has 3 heterocycles. The average Bonchev–Trinajstić information content (AvgIpc) is 3.22. The first kappa shape index (κ1) is 16.5. The Balaban J connectivity index is 1.71. The maximum atomic E-state index is 12.4. The molecule has 0 atom stereocenters. The van der Waals surface area contributed by atoms with Crippen LogP contribution >= 0.6 is 0 Å². The van der Waals surface area contributed by atoms with Crippen molar-refractivity contribution in [3.63, 3.8) is 0 Å². The van der Waals surface area contributed by atoms with Crippen LogP contribution < -0.4 is 0 Å².